The number of rotatable bonds is 5. The number of hydrogen-bond donors (Lipinski definition) is 0. The lowest BCUT2D eigenvalue weighted by atomic mass is 10.0. The van der Waals surface area contributed by atoms with Gasteiger partial charge >= 0.3 is 11.9 Å². The molecule has 94 valence electrons. The molecule has 0 heterocycles. The molecule has 0 aromatic heterocycles. The quantitative estimate of drug-likeness (QED) is 0.542. The zero-order valence-corrected chi connectivity index (χ0v) is 10.4. The maximum absolute atomic E-state index is 11.8. The molecule has 0 saturated heterocycles. The summed E-state index contributed by atoms with van der Waals surface area (Å²) in [7, 11) is 1.33. The summed E-state index contributed by atoms with van der Waals surface area (Å²) in [5.41, 5.74) is -0.817. The van der Waals surface area contributed by atoms with Crippen LogP contribution in [0.15, 0.2) is 24.3 Å². The maximum Gasteiger partial charge on any atom is 0.316 e. The van der Waals surface area contributed by atoms with Crippen LogP contribution in [-0.2, 0) is 19.1 Å². The largest absolute Gasteiger partial charge is 0.469 e. The van der Waals surface area contributed by atoms with Gasteiger partial charge in [0.05, 0.1) is 19.6 Å². The van der Waals surface area contributed by atoms with Crippen molar-refractivity contribution in [2.24, 2.45) is 11.3 Å². The molecule has 1 rings (SSSR count). The zero-order chi connectivity index (χ0) is 12.9. The predicted molar refractivity (Wildman–Crippen MR) is 63.1 cm³/mol. The molecule has 0 amide bonds. The first kappa shape index (κ1) is 13.5. The van der Waals surface area contributed by atoms with Crippen molar-refractivity contribution in [2.75, 3.05) is 13.7 Å². The summed E-state index contributed by atoms with van der Waals surface area (Å²) in [6.07, 6.45) is 7.62. The van der Waals surface area contributed by atoms with Crippen molar-refractivity contribution in [1.29, 1.82) is 0 Å². The molecule has 0 N–H and O–H groups in total. The Morgan fingerprint density at radius 3 is 2.65 bits per heavy atom. The molecule has 0 unspecified atom stereocenters. The Balaban J connectivity index is 2.82. The van der Waals surface area contributed by atoms with E-state index in [1.54, 1.807) is 19.1 Å². The van der Waals surface area contributed by atoms with Gasteiger partial charge in [-0.15, -0.1) is 0 Å². The number of ether oxygens (including phenoxy) is 2. The fraction of sp³-hybridized carbons (Fsp3) is 0.538. The van der Waals surface area contributed by atoms with E-state index in [1.165, 1.54) is 7.11 Å². The summed E-state index contributed by atoms with van der Waals surface area (Å²) in [4.78, 5) is 23.3. The van der Waals surface area contributed by atoms with Gasteiger partial charge in [0.25, 0.3) is 0 Å². The van der Waals surface area contributed by atoms with Crippen LogP contribution in [0.1, 0.15) is 20.3 Å². The van der Waals surface area contributed by atoms with Crippen molar-refractivity contribution in [1.82, 2.24) is 0 Å². The minimum absolute atomic E-state index is 0.311. The van der Waals surface area contributed by atoms with Gasteiger partial charge in [-0.05, 0) is 20.3 Å². The number of carbonyl (C=O) groups excluding carboxylic acids is 2. The molecule has 17 heavy (non-hydrogen) atoms. The Labute approximate surface area is 101 Å². The molecule has 1 fully saturated rings. The van der Waals surface area contributed by atoms with Gasteiger partial charge in [-0.3, -0.25) is 9.59 Å². The molecule has 0 radical (unpaired) electrons. The van der Waals surface area contributed by atoms with Crippen LogP contribution < -0.4 is 0 Å². The minimum atomic E-state index is -0.817. The predicted octanol–water partition coefficient (Wildman–Crippen LogP) is 1.86. The molecule has 0 aromatic carbocycles. The van der Waals surface area contributed by atoms with Gasteiger partial charge in [-0.2, -0.15) is 0 Å². The Kier molecular flexibility index (Phi) is 4.49. The van der Waals surface area contributed by atoms with E-state index in [-0.39, 0.29) is 11.9 Å². The number of carbonyl (C=O) groups is 2. The second-order valence-electron chi connectivity index (χ2n) is 3.93. The highest BCUT2D eigenvalue weighted by atomic mass is 16.5. The Hall–Kier alpha value is -1.58. The second kappa shape index (κ2) is 5.66. The molecule has 1 saturated carbocycles. The van der Waals surface area contributed by atoms with Crippen molar-refractivity contribution in [2.45, 2.75) is 20.3 Å². The SMILES string of the molecule is C/C=C/C=C/[C@]1(C(=O)OCC)C[C@H]1C(=O)OC. The van der Waals surface area contributed by atoms with E-state index in [2.05, 4.69) is 4.74 Å². The van der Waals surface area contributed by atoms with Crippen LogP contribution in [0.3, 0.4) is 0 Å². The van der Waals surface area contributed by atoms with Gasteiger partial charge in [-0.25, -0.2) is 0 Å². The first-order valence-corrected chi connectivity index (χ1v) is 5.68. The summed E-state index contributed by atoms with van der Waals surface area (Å²) in [5.74, 6) is -1.12. The van der Waals surface area contributed by atoms with Crippen LogP contribution in [0.5, 0.6) is 0 Å². The summed E-state index contributed by atoms with van der Waals surface area (Å²) >= 11 is 0. The van der Waals surface area contributed by atoms with Crippen molar-refractivity contribution in [3.63, 3.8) is 0 Å². The summed E-state index contributed by atoms with van der Waals surface area (Å²) in [6.45, 7) is 3.94. The van der Waals surface area contributed by atoms with Crippen molar-refractivity contribution < 1.29 is 19.1 Å². The van der Waals surface area contributed by atoms with Crippen molar-refractivity contribution in [3.8, 4) is 0 Å². The third-order valence-electron chi connectivity index (χ3n) is 2.84. The number of allylic oxidation sites excluding steroid dienone is 3. The molecule has 1 aliphatic rings. The van der Waals surface area contributed by atoms with Crippen LogP contribution in [0.25, 0.3) is 0 Å². The number of esters is 2. The topological polar surface area (TPSA) is 52.6 Å². The van der Waals surface area contributed by atoms with Gasteiger partial charge in [0.15, 0.2) is 0 Å². The van der Waals surface area contributed by atoms with Crippen molar-refractivity contribution in [3.05, 3.63) is 24.3 Å². The molecule has 0 spiro atoms. The van der Waals surface area contributed by atoms with Crippen LogP contribution in [0.4, 0.5) is 0 Å². The molecule has 0 aliphatic heterocycles. The van der Waals surface area contributed by atoms with E-state index >= 15 is 0 Å². The van der Waals surface area contributed by atoms with Crippen LogP contribution >= 0.6 is 0 Å². The maximum atomic E-state index is 11.8. The average molecular weight is 238 g/mol. The second-order valence-corrected chi connectivity index (χ2v) is 3.93. The highest BCUT2D eigenvalue weighted by Crippen LogP contribution is 2.55. The van der Waals surface area contributed by atoms with E-state index in [4.69, 9.17) is 4.74 Å². The van der Waals surface area contributed by atoms with Crippen LogP contribution in [0.2, 0.25) is 0 Å². The highest BCUT2D eigenvalue weighted by molar-refractivity contribution is 5.93. The molecule has 4 nitrogen and oxygen atoms in total. The van der Waals surface area contributed by atoms with E-state index < -0.39 is 11.3 Å². The van der Waals surface area contributed by atoms with Gasteiger partial charge in [0.2, 0.25) is 0 Å². The highest BCUT2D eigenvalue weighted by Gasteiger charge is 2.63. The van der Waals surface area contributed by atoms with Crippen LogP contribution in [-0.4, -0.2) is 25.7 Å². The Bertz CT molecular complexity index is 356. The minimum Gasteiger partial charge on any atom is -0.469 e. The lowest BCUT2D eigenvalue weighted by Gasteiger charge is -2.10. The monoisotopic (exact) mass is 238 g/mol. The zero-order valence-electron chi connectivity index (χ0n) is 10.4. The standard InChI is InChI=1S/C13H18O4/c1-4-6-7-8-13(12(15)17-5-2)9-10(13)11(14)16-3/h4,6-8,10H,5,9H2,1-3H3/b6-4+,8-7+/t10-,13-/m0/s1. The number of hydrogen-bond acceptors (Lipinski definition) is 4. The van der Waals surface area contributed by atoms with Gasteiger partial charge in [-0.1, -0.05) is 24.3 Å². The average Bonchev–Trinajstić information content (AvgIpc) is 3.05. The first-order valence-electron chi connectivity index (χ1n) is 5.68. The molecule has 1 aliphatic carbocycles. The molecule has 4 heteroatoms. The van der Waals surface area contributed by atoms with E-state index in [9.17, 15) is 9.59 Å². The lowest BCUT2D eigenvalue weighted by Crippen LogP contribution is -2.22. The Morgan fingerprint density at radius 1 is 1.41 bits per heavy atom. The van der Waals surface area contributed by atoms with E-state index in [0.29, 0.717) is 13.0 Å². The number of methoxy groups -OCH3 is 1. The third-order valence-corrected chi connectivity index (χ3v) is 2.84. The fourth-order valence-electron chi connectivity index (χ4n) is 1.80. The van der Waals surface area contributed by atoms with Gasteiger partial charge < -0.3 is 9.47 Å². The molecular weight excluding hydrogens is 220 g/mol. The summed E-state index contributed by atoms with van der Waals surface area (Å²) in [6, 6.07) is 0. The molecule has 2 atom stereocenters. The van der Waals surface area contributed by atoms with E-state index in [0.717, 1.165) is 0 Å². The smallest absolute Gasteiger partial charge is 0.316 e. The van der Waals surface area contributed by atoms with Gasteiger partial charge in [0, 0.05) is 0 Å². The molecule has 0 bridgehead atoms. The Morgan fingerprint density at radius 2 is 2.12 bits per heavy atom. The molecular formula is C13H18O4. The van der Waals surface area contributed by atoms with Gasteiger partial charge in [0.1, 0.15) is 5.41 Å². The first-order chi connectivity index (χ1) is 8.12. The molecule has 0 aromatic rings. The normalized spacial score (nSPS) is 27.4. The summed E-state index contributed by atoms with van der Waals surface area (Å²) < 4.78 is 9.67. The third kappa shape index (κ3) is 2.75. The summed E-state index contributed by atoms with van der Waals surface area (Å²) in [5, 5.41) is 0. The van der Waals surface area contributed by atoms with E-state index in [1.807, 2.05) is 19.1 Å². The van der Waals surface area contributed by atoms with Crippen molar-refractivity contribution >= 4 is 11.9 Å². The lowest BCUT2D eigenvalue weighted by molar-refractivity contribution is -0.152. The fourth-order valence-corrected chi connectivity index (χ4v) is 1.80. The van der Waals surface area contributed by atoms with Crippen LogP contribution in [0, 0.1) is 11.3 Å².